The molecule has 0 spiro atoms. The second-order valence-electron chi connectivity index (χ2n) is 5.53. The van der Waals surface area contributed by atoms with Crippen LogP contribution in [-0.2, 0) is 19.9 Å². The third kappa shape index (κ3) is 3.87. The Bertz CT molecular complexity index is 1050. The Labute approximate surface area is 152 Å². The first-order valence-electron chi connectivity index (χ1n) is 7.78. The van der Waals surface area contributed by atoms with E-state index in [1.807, 2.05) is 0 Å². The lowest BCUT2D eigenvalue weighted by Gasteiger charge is -2.17. The van der Waals surface area contributed by atoms with Crippen LogP contribution in [0.1, 0.15) is 11.0 Å². The molecule has 3 rings (SSSR count). The molecule has 0 aliphatic rings. The molecular formula is C18H17NO5S2. The van der Waals surface area contributed by atoms with Gasteiger partial charge in [-0.2, -0.15) is 0 Å². The first-order valence-corrected chi connectivity index (χ1v) is 10.8. The minimum absolute atomic E-state index is 0.0651. The van der Waals surface area contributed by atoms with Crippen LogP contribution in [0, 0.1) is 0 Å². The van der Waals surface area contributed by atoms with Crippen LogP contribution in [0.4, 0.5) is 0 Å². The Kier molecular flexibility index (Phi) is 5.26. The normalized spacial score (nSPS) is 13.4. The summed E-state index contributed by atoms with van der Waals surface area (Å²) in [4.78, 5) is 0.163. The van der Waals surface area contributed by atoms with Crippen molar-refractivity contribution in [1.82, 2.24) is 4.72 Å². The number of nitrogens with one attached hydrogen (secondary N) is 1. The quantitative estimate of drug-likeness (QED) is 0.668. The largest absolute Gasteiger partial charge is 0.468 e. The molecule has 0 saturated carbocycles. The van der Waals surface area contributed by atoms with Gasteiger partial charge in [0.25, 0.3) is 0 Å². The van der Waals surface area contributed by atoms with E-state index in [0.717, 1.165) is 0 Å². The predicted molar refractivity (Wildman–Crippen MR) is 96.7 cm³/mol. The van der Waals surface area contributed by atoms with Gasteiger partial charge >= 0.3 is 0 Å². The number of hydrogen-bond acceptors (Lipinski definition) is 5. The van der Waals surface area contributed by atoms with Crippen molar-refractivity contribution in [3.8, 4) is 0 Å². The number of rotatable bonds is 7. The molecule has 2 aromatic carbocycles. The standard InChI is InChI=1S/C18H17NO5S2/c20-25(21,15-8-3-1-4-9-15)18(17-12-7-13-24-17)14-19-26(22,23)16-10-5-2-6-11-16/h1-13,18-19H,14H2. The van der Waals surface area contributed by atoms with Gasteiger partial charge in [-0.05, 0) is 36.4 Å². The van der Waals surface area contributed by atoms with Crippen molar-refractivity contribution in [3.63, 3.8) is 0 Å². The first kappa shape index (κ1) is 18.4. The lowest BCUT2D eigenvalue weighted by Crippen LogP contribution is -2.31. The molecule has 1 N–H and O–H groups in total. The van der Waals surface area contributed by atoms with Crippen LogP contribution in [0.25, 0.3) is 0 Å². The lowest BCUT2D eigenvalue weighted by atomic mass is 10.3. The van der Waals surface area contributed by atoms with Crippen molar-refractivity contribution in [3.05, 3.63) is 84.8 Å². The van der Waals surface area contributed by atoms with Gasteiger partial charge in [0.2, 0.25) is 10.0 Å². The van der Waals surface area contributed by atoms with Gasteiger partial charge in [-0.3, -0.25) is 0 Å². The molecule has 0 saturated heterocycles. The minimum atomic E-state index is -3.85. The van der Waals surface area contributed by atoms with Gasteiger partial charge < -0.3 is 4.42 Å². The number of sulfone groups is 1. The zero-order valence-corrected chi connectivity index (χ0v) is 15.3. The lowest BCUT2D eigenvalue weighted by molar-refractivity contribution is 0.486. The predicted octanol–water partition coefficient (Wildman–Crippen LogP) is 2.77. The summed E-state index contributed by atoms with van der Waals surface area (Å²) in [5, 5.41) is -1.18. The molecule has 1 atom stereocenters. The highest BCUT2D eigenvalue weighted by molar-refractivity contribution is 7.92. The molecule has 0 fully saturated rings. The second kappa shape index (κ2) is 7.45. The summed E-state index contributed by atoms with van der Waals surface area (Å²) < 4.78 is 58.5. The second-order valence-corrected chi connectivity index (χ2v) is 9.42. The van der Waals surface area contributed by atoms with Crippen LogP contribution < -0.4 is 4.72 Å². The van der Waals surface area contributed by atoms with E-state index >= 15 is 0 Å². The monoisotopic (exact) mass is 391 g/mol. The van der Waals surface area contributed by atoms with Crippen molar-refractivity contribution >= 4 is 19.9 Å². The molecule has 0 radical (unpaired) electrons. The summed E-state index contributed by atoms with van der Waals surface area (Å²) in [6.07, 6.45) is 1.36. The fourth-order valence-electron chi connectivity index (χ4n) is 2.48. The summed E-state index contributed by atoms with van der Waals surface area (Å²) in [6, 6.07) is 18.7. The van der Waals surface area contributed by atoms with E-state index in [1.54, 1.807) is 42.5 Å². The molecule has 0 aliphatic heterocycles. The Balaban J connectivity index is 1.92. The third-order valence-electron chi connectivity index (χ3n) is 3.82. The van der Waals surface area contributed by atoms with Gasteiger partial charge in [-0.25, -0.2) is 21.6 Å². The smallest absolute Gasteiger partial charge is 0.240 e. The van der Waals surface area contributed by atoms with E-state index < -0.39 is 25.1 Å². The minimum Gasteiger partial charge on any atom is -0.468 e. The molecule has 0 aliphatic carbocycles. The van der Waals surface area contributed by atoms with E-state index in [4.69, 9.17) is 4.42 Å². The SMILES string of the molecule is O=S(=O)(NCC(c1ccco1)S(=O)(=O)c1ccccc1)c1ccccc1. The Hall–Kier alpha value is -2.42. The van der Waals surface area contributed by atoms with Gasteiger partial charge in [0.15, 0.2) is 9.84 Å². The van der Waals surface area contributed by atoms with Crippen LogP contribution in [-0.4, -0.2) is 23.4 Å². The van der Waals surface area contributed by atoms with E-state index in [1.165, 1.54) is 36.6 Å². The summed E-state index contributed by atoms with van der Waals surface area (Å²) >= 11 is 0. The van der Waals surface area contributed by atoms with Crippen LogP contribution >= 0.6 is 0 Å². The average molecular weight is 391 g/mol. The molecule has 0 amide bonds. The molecule has 136 valence electrons. The van der Waals surface area contributed by atoms with Crippen LogP contribution in [0.5, 0.6) is 0 Å². The van der Waals surface area contributed by atoms with Crippen LogP contribution in [0.3, 0.4) is 0 Å². The van der Waals surface area contributed by atoms with Gasteiger partial charge in [0.1, 0.15) is 11.0 Å². The summed E-state index contributed by atoms with van der Waals surface area (Å²) in [5.74, 6) is 0.171. The molecule has 0 bridgehead atoms. The van der Waals surface area contributed by atoms with E-state index in [0.29, 0.717) is 0 Å². The number of benzene rings is 2. The maximum Gasteiger partial charge on any atom is 0.240 e. The van der Waals surface area contributed by atoms with Gasteiger partial charge in [0.05, 0.1) is 16.1 Å². The van der Waals surface area contributed by atoms with E-state index in [-0.39, 0.29) is 22.1 Å². The molecule has 6 nitrogen and oxygen atoms in total. The Morgan fingerprint density at radius 3 is 1.88 bits per heavy atom. The fraction of sp³-hybridized carbons (Fsp3) is 0.111. The molecule has 26 heavy (non-hydrogen) atoms. The van der Waals surface area contributed by atoms with Crippen molar-refractivity contribution in [2.45, 2.75) is 15.0 Å². The molecule has 1 heterocycles. The maximum atomic E-state index is 13.0. The average Bonchev–Trinajstić information content (AvgIpc) is 3.17. The zero-order valence-electron chi connectivity index (χ0n) is 13.6. The molecule has 3 aromatic rings. The van der Waals surface area contributed by atoms with Gasteiger partial charge in [-0.15, -0.1) is 0 Å². The van der Waals surface area contributed by atoms with Crippen LogP contribution in [0.2, 0.25) is 0 Å². The number of furan rings is 1. The van der Waals surface area contributed by atoms with Crippen molar-refractivity contribution in [1.29, 1.82) is 0 Å². The highest BCUT2D eigenvalue weighted by Gasteiger charge is 2.32. The highest BCUT2D eigenvalue weighted by Crippen LogP contribution is 2.29. The van der Waals surface area contributed by atoms with Crippen molar-refractivity contribution in [2.75, 3.05) is 6.54 Å². The first-order chi connectivity index (χ1) is 12.4. The van der Waals surface area contributed by atoms with Gasteiger partial charge in [0, 0.05) is 6.54 Å². The highest BCUT2D eigenvalue weighted by atomic mass is 32.2. The topological polar surface area (TPSA) is 93.4 Å². The van der Waals surface area contributed by atoms with Crippen molar-refractivity contribution < 1.29 is 21.3 Å². The Morgan fingerprint density at radius 1 is 0.769 bits per heavy atom. The summed E-state index contributed by atoms with van der Waals surface area (Å²) in [5.41, 5.74) is 0. The van der Waals surface area contributed by atoms with Gasteiger partial charge in [-0.1, -0.05) is 36.4 Å². The molecular weight excluding hydrogens is 374 g/mol. The maximum absolute atomic E-state index is 13.0. The zero-order chi connectivity index (χ0) is 18.6. The summed E-state index contributed by atoms with van der Waals surface area (Å²) in [7, 11) is -7.69. The number of sulfonamides is 1. The van der Waals surface area contributed by atoms with Crippen LogP contribution in [0.15, 0.2) is 93.3 Å². The van der Waals surface area contributed by atoms with E-state index in [2.05, 4.69) is 4.72 Å². The third-order valence-corrected chi connectivity index (χ3v) is 7.34. The summed E-state index contributed by atoms with van der Waals surface area (Å²) in [6.45, 7) is -0.345. The van der Waals surface area contributed by atoms with Crippen molar-refractivity contribution in [2.24, 2.45) is 0 Å². The molecule has 8 heteroatoms. The number of hydrogen-bond donors (Lipinski definition) is 1. The fourth-order valence-corrected chi connectivity index (χ4v) is 5.26. The molecule has 1 aromatic heterocycles. The Morgan fingerprint density at radius 2 is 1.35 bits per heavy atom. The van der Waals surface area contributed by atoms with E-state index in [9.17, 15) is 16.8 Å². The molecule has 1 unspecified atom stereocenters.